The molecule has 1 unspecified atom stereocenters. The SMILES string of the molecule is COCCCCC1(CNC(=O)[C@H]2C[C@@H](C(=O)NCCC(C)O)CN(C(=O)OC(C)(C)C)C2)c2ccccc2Oc2ccccc21. The molecule has 2 aliphatic rings. The summed E-state index contributed by atoms with van der Waals surface area (Å²) in [5, 5.41) is 15.7. The van der Waals surface area contributed by atoms with Gasteiger partial charge in [0.1, 0.15) is 17.1 Å². The molecule has 2 heterocycles. The summed E-state index contributed by atoms with van der Waals surface area (Å²) in [6, 6.07) is 15.9. The van der Waals surface area contributed by atoms with Gasteiger partial charge in [0.25, 0.3) is 0 Å². The normalized spacial score (nSPS) is 19.4. The highest BCUT2D eigenvalue weighted by Gasteiger charge is 2.43. The summed E-state index contributed by atoms with van der Waals surface area (Å²) in [5.74, 6) is -0.149. The molecule has 0 aromatic heterocycles. The fourth-order valence-corrected chi connectivity index (χ4v) is 6.27. The van der Waals surface area contributed by atoms with Gasteiger partial charge < -0.3 is 34.9 Å². The molecule has 0 radical (unpaired) electrons. The van der Waals surface area contributed by atoms with Gasteiger partial charge in [-0.05, 0) is 71.9 Å². The van der Waals surface area contributed by atoms with Crippen molar-refractivity contribution in [3.05, 3.63) is 59.7 Å². The Balaban J connectivity index is 1.58. The molecule has 45 heavy (non-hydrogen) atoms. The number of hydrogen-bond donors (Lipinski definition) is 3. The van der Waals surface area contributed by atoms with Crippen LogP contribution in [0.2, 0.25) is 0 Å². The van der Waals surface area contributed by atoms with Crippen LogP contribution in [0.25, 0.3) is 0 Å². The lowest BCUT2D eigenvalue weighted by molar-refractivity contribution is -0.131. The smallest absolute Gasteiger partial charge is 0.410 e. The number of ether oxygens (including phenoxy) is 3. The van der Waals surface area contributed by atoms with E-state index in [-0.39, 0.29) is 24.9 Å². The monoisotopic (exact) mass is 623 g/mol. The van der Waals surface area contributed by atoms with Crippen molar-refractivity contribution >= 4 is 17.9 Å². The number of nitrogens with one attached hydrogen (secondary N) is 2. The van der Waals surface area contributed by atoms with Crippen LogP contribution in [-0.2, 0) is 24.5 Å². The van der Waals surface area contributed by atoms with Gasteiger partial charge in [0.15, 0.2) is 0 Å². The van der Waals surface area contributed by atoms with Crippen molar-refractivity contribution in [3.63, 3.8) is 0 Å². The molecule has 0 bridgehead atoms. The quantitative estimate of drug-likeness (QED) is 0.291. The highest BCUT2D eigenvalue weighted by molar-refractivity contribution is 5.84. The first-order chi connectivity index (χ1) is 21.4. The second-order valence-electron chi connectivity index (χ2n) is 13.3. The summed E-state index contributed by atoms with van der Waals surface area (Å²) >= 11 is 0. The summed E-state index contributed by atoms with van der Waals surface area (Å²) < 4.78 is 17.2. The van der Waals surface area contributed by atoms with Crippen molar-refractivity contribution in [1.82, 2.24) is 15.5 Å². The Morgan fingerprint density at radius 2 is 1.56 bits per heavy atom. The molecule has 3 amide bonds. The second kappa shape index (κ2) is 15.1. The Bertz CT molecular complexity index is 1280. The van der Waals surface area contributed by atoms with E-state index in [4.69, 9.17) is 14.2 Å². The van der Waals surface area contributed by atoms with Gasteiger partial charge >= 0.3 is 6.09 Å². The zero-order valence-electron chi connectivity index (χ0n) is 27.3. The predicted molar refractivity (Wildman–Crippen MR) is 171 cm³/mol. The third-order valence-corrected chi connectivity index (χ3v) is 8.50. The fraction of sp³-hybridized carbons (Fsp3) is 0.571. The third-order valence-electron chi connectivity index (χ3n) is 8.50. The maximum Gasteiger partial charge on any atom is 0.410 e. The summed E-state index contributed by atoms with van der Waals surface area (Å²) in [4.78, 5) is 41.8. The predicted octanol–water partition coefficient (Wildman–Crippen LogP) is 4.77. The van der Waals surface area contributed by atoms with Crippen molar-refractivity contribution in [2.75, 3.05) is 39.9 Å². The van der Waals surface area contributed by atoms with Crippen LogP contribution in [0.3, 0.4) is 0 Å². The number of aliphatic hydroxyl groups is 1. The van der Waals surface area contributed by atoms with Crippen molar-refractivity contribution in [1.29, 1.82) is 0 Å². The first-order valence-corrected chi connectivity index (χ1v) is 16.0. The van der Waals surface area contributed by atoms with Crippen molar-refractivity contribution in [3.8, 4) is 11.5 Å². The van der Waals surface area contributed by atoms with E-state index in [0.717, 1.165) is 41.9 Å². The first kappa shape index (κ1) is 34.2. The minimum Gasteiger partial charge on any atom is -0.457 e. The number of aliphatic hydroxyl groups excluding tert-OH is 1. The number of piperidine rings is 1. The lowest BCUT2D eigenvalue weighted by Gasteiger charge is -2.41. The number of hydrogen-bond acceptors (Lipinski definition) is 7. The minimum absolute atomic E-state index is 0.148. The molecule has 2 aliphatic heterocycles. The number of likely N-dealkylation sites (tertiary alicyclic amines) is 1. The summed E-state index contributed by atoms with van der Waals surface area (Å²) in [6.45, 7) is 8.60. The van der Waals surface area contributed by atoms with E-state index < -0.39 is 35.0 Å². The summed E-state index contributed by atoms with van der Waals surface area (Å²) in [6.07, 6.45) is 2.12. The number of rotatable bonds is 12. The van der Waals surface area contributed by atoms with E-state index in [9.17, 15) is 19.5 Å². The third kappa shape index (κ3) is 8.76. The van der Waals surface area contributed by atoms with Gasteiger partial charge in [-0.25, -0.2) is 4.79 Å². The summed E-state index contributed by atoms with van der Waals surface area (Å²) in [7, 11) is 1.69. The molecule has 1 fully saturated rings. The van der Waals surface area contributed by atoms with Gasteiger partial charge in [0.2, 0.25) is 11.8 Å². The highest BCUT2D eigenvalue weighted by atomic mass is 16.6. The van der Waals surface area contributed by atoms with Crippen LogP contribution in [0.1, 0.15) is 70.9 Å². The van der Waals surface area contributed by atoms with Gasteiger partial charge in [-0.2, -0.15) is 0 Å². The van der Waals surface area contributed by atoms with E-state index in [2.05, 4.69) is 22.8 Å². The molecule has 10 nitrogen and oxygen atoms in total. The van der Waals surface area contributed by atoms with E-state index in [1.165, 1.54) is 4.90 Å². The average Bonchev–Trinajstić information content (AvgIpc) is 3.00. The Morgan fingerprint density at radius 1 is 0.978 bits per heavy atom. The number of fused-ring (bicyclic) bond motifs is 2. The molecule has 10 heteroatoms. The van der Waals surface area contributed by atoms with Crippen molar-refractivity contribution < 1.29 is 33.7 Å². The van der Waals surface area contributed by atoms with Gasteiger partial charge in [0, 0.05) is 56.4 Å². The average molecular weight is 624 g/mol. The number of unbranched alkanes of at least 4 members (excludes halogenated alkanes) is 1. The van der Waals surface area contributed by atoms with Crippen molar-refractivity contribution in [2.24, 2.45) is 11.8 Å². The molecule has 0 saturated carbocycles. The molecule has 4 rings (SSSR count). The number of methoxy groups -OCH3 is 1. The van der Waals surface area contributed by atoms with Gasteiger partial charge in [0.05, 0.1) is 17.9 Å². The van der Waals surface area contributed by atoms with Crippen LogP contribution in [0.15, 0.2) is 48.5 Å². The molecule has 2 aromatic carbocycles. The van der Waals surface area contributed by atoms with Crippen LogP contribution in [0.5, 0.6) is 11.5 Å². The molecule has 0 aliphatic carbocycles. The Hall–Kier alpha value is -3.63. The molecule has 2 aromatic rings. The number of nitrogens with zero attached hydrogens (tertiary/aromatic N) is 1. The molecule has 246 valence electrons. The molecule has 0 spiro atoms. The number of carbonyl (C=O) groups is 3. The number of carbonyl (C=O) groups excluding carboxylic acids is 3. The number of benzene rings is 2. The highest BCUT2D eigenvalue weighted by Crippen LogP contribution is 2.50. The maximum absolute atomic E-state index is 14.0. The Morgan fingerprint density at radius 3 is 2.11 bits per heavy atom. The molecular weight excluding hydrogens is 574 g/mol. The van der Waals surface area contributed by atoms with E-state index in [1.54, 1.807) is 34.8 Å². The first-order valence-electron chi connectivity index (χ1n) is 16.0. The molecular formula is C35H49N3O7. The Labute approximate surface area is 266 Å². The van der Waals surface area contributed by atoms with Crippen molar-refractivity contribution in [2.45, 2.75) is 76.9 Å². The number of para-hydroxylation sites is 2. The summed E-state index contributed by atoms with van der Waals surface area (Å²) in [5.41, 5.74) is 0.749. The standard InChI is InChI=1S/C35H49N3O7/c1-24(39)16-18-36-31(40)25-20-26(22-38(21-25)33(42)45-34(2,3)4)32(41)37-23-35(17-10-11-19-43-5)27-12-6-8-14-29(27)44-30-15-9-7-13-28(30)35/h6-9,12-15,24-26,39H,10-11,16-23H2,1-5H3,(H,36,40)(H,37,41)/t24?,25-,26+/m1/s1. The zero-order valence-corrected chi connectivity index (χ0v) is 27.3. The van der Waals surface area contributed by atoms with Crippen LogP contribution in [0.4, 0.5) is 4.79 Å². The van der Waals surface area contributed by atoms with Crippen LogP contribution in [-0.4, -0.2) is 79.5 Å². The lowest BCUT2D eigenvalue weighted by Crippen LogP contribution is -2.54. The minimum atomic E-state index is -0.722. The van der Waals surface area contributed by atoms with Gasteiger partial charge in [-0.3, -0.25) is 9.59 Å². The zero-order chi connectivity index (χ0) is 32.6. The lowest BCUT2D eigenvalue weighted by atomic mass is 9.69. The van der Waals surface area contributed by atoms with Gasteiger partial charge in [-0.1, -0.05) is 36.4 Å². The Kier molecular flexibility index (Phi) is 11.5. The van der Waals surface area contributed by atoms with Gasteiger partial charge in [-0.15, -0.1) is 0 Å². The van der Waals surface area contributed by atoms with E-state index in [1.807, 2.05) is 36.4 Å². The van der Waals surface area contributed by atoms with E-state index >= 15 is 0 Å². The largest absolute Gasteiger partial charge is 0.457 e. The molecule has 3 N–H and O–H groups in total. The topological polar surface area (TPSA) is 126 Å². The van der Waals surface area contributed by atoms with Crippen LogP contribution < -0.4 is 15.4 Å². The van der Waals surface area contributed by atoms with E-state index in [0.29, 0.717) is 32.5 Å². The second-order valence-corrected chi connectivity index (χ2v) is 13.3. The number of amides is 3. The maximum atomic E-state index is 14.0. The molecule has 3 atom stereocenters. The van der Waals surface area contributed by atoms with Crippen LogP contribution >= 0.6 is 0 Å². The molecule has 1 saturated heterocycles. The fourth-order valence-electron chi connectivity index (χ4n) is 6.27. The van der Waals surface area contributed by atoms with Crippen LogP contribution in [0, 0.1) is 11.8 Å².